The molecule has 1 atom stereocenters. The number of hydrogen-bond donors (Lipinski definition) is 1. The van der Waals surface area contributed by atoms with E-state index >= 15 is 0 Å². The summed E-state index contributed by atoms with van der Waals surface area (Å²) >= 11 is 0. The fraction of sp³-hybridized carbons (Fsp3) is 0.800. The molecular weight excluding hydrogens is 150 g/mol. The van der Waals surface area contributed by atoms with Crippen molar-refractivity contribution in [2.75, 3.05) is 19.7 Å². The highest BCUT2D eigenvalue weighted by Crippen LogP contribution is 2.27. The van der Waals surface area contributed by atoms with Crippen molar-refractivity contribution >= 4 is 0 Å². The molecule has 1 N–H and O–H groups in total. The monoisotopic (exact) mass is 167 g/mol. The van der Waals surface area contributed by atoms with Gasteiger partial charge in [-0.25, -0.2) is 0 Å². The zero-order valence-corrected chi connectivity index (χ0v) is 7.93. The van der Waals surface area contributed by atoms with Crippen molar-refractivity contribution in [1.29, 1.82) is 0 Å². The summed E-state index contributed by atoms with van der Waals surface area (Å²) in [4.78, 5) is 2.27. The van der Waals surface area contributed by atoms with Crippen LogP contribution in [0.25, 0.3) is 0 Å². The summed E-state index contributed by atoms with van der Waals surface area (Å²) in [5.41, 5.74) is -0.0101. The maximum atomic E-state index is 9.21. The third-order valence-electron chi connectivity index (χ3n) is 2.69. The van der Waals surface area contributed by atoms with Gasteiger partial charge in [0.15, 0.2) is 0 Å². The zero-order valence-electron chi connectivity index (χ0n) is 7.93. The largest absolute Gasteiger partial charge is 0.394 e. The van der Waals surface area contributed by atoms with Crippen molar-refractivity contribution in [3.05, 3.63) is 0 Å². The van der Waals surface area contributed by atoms with Crippen LogP contribution in [0.2, 0.25) is 0 Å². The summed E-state index contributed by atoms with van der Waals surface area (Å²) in [5, 5.41) is 9.21. The van der Waals surface area contributed by atoms with Gasteiger partial charge < -0.3 is 5.11 Å². The first-order valence-electron chi connectivity index (χ1n) is 4.48. The van der Waals surface area contributed by atoms with Gasteiger partial charge in [-0.3, -0.25) is 4.90 Å². The van der Waals surface area contributed by atoms with E-state index < -0.39 is 0 Å². The van der Waals surface area contributed by atoms with E-state index in [0.29, 0.717) is 0 Å². The summed E-state index contributed by atoms with van der Waals surface area (Å²) in [7, 11) is 0. The minimum Gasteiger partial charge on any atom is -0.394 e. The Hall–Kier alpha value is -0.520. The van der Waals surface area contributed by atoms with Crippen LogP contribution in [0.15, 0.2) is 0 Å². The van der Waals surface area contributed by atoms with Crippen molar-refractivity contribution in [1.82, 2.24) is 4.90 Å². The van der Waals surface area contributed by atoms with Crippen LogP contribution < -0.4 is 0 Å². The van der Waals surface area contributed by atoms with Crippen LogP contribution in [0.3, 0.4) is 0 Å². The average molecular weight is 167 g/mol. The molecule has 2 nitrogen and oxygen atoms in total. The molecule has 1 heterocycles. The Labute approximate surface area is 74.6 Å². The number of nitrogens with zero attached hydrogens (tertiary/aromatic N) is 1. The van der Waals surface area contributed by atoms with Gasteiger partial charge in [0.1, 0.15) is 0 Å². The van der Waals surface area contributed by atoms with Crippen LogP contribution in [0.5, 0.6) is 0 Å². The Bertz CT molecular complexity index is 204. The Morgan fingerprint density at radius 1 is 1.58 bits per heavy atom. The molecule has 0 spiro atoms. The van der Waals surface area contributed by atoms with Gasteiger partial charge >= 0.3 is 0 Å². The molecule has 1 rings (SSSR count). The Morgan fingerprint density at radius 2 is 2.33 bits per heavy atom. The minimum absolute atomic E-state index is 0.0101. The second-order valence-corrected chi connectivity index (χ2v) is 3.61. The smallest absolute Gasteiger partial charge is 0.0613 e. The van der Waals surface area contributed by atoms with E-state index in [1.807, 2.05) is 6.92 Å². The number of hydrogen-bond acceptors (Lipinski definition) is 2. The Kier molecular flexibility index (Phi) is 3.13. The van der Waals surface area contributed by atoms with Crippen molar-refractivity contribution in [3.63, 3.8) is 0 Å². The van der Waals surface area contributed by atoms with Crippen LogP contribution >= 0.6 is 0 Å². The van der Waals surface area contributed by atoms with Gasteiger partial charge in [0, 0.05) is 5.54 Å². The summed E-state index contributed by atoms with van der Waals surface area (Å²) in [5.74, 6) is 5.93. The molecule has 0 radical (unpaired) electrons. The normalized spacial score (nSPS) is 29.9. The highest BCUT2D eigenvalue weighted by Gasteiger charge is 2.34. The molecule has 0 aromatic carbocycles. The predicted octanol–water partition coefficient (Wildman–Crippen LogP) is 0.857. The van der Waals surface area contributed by atoms with Gasteiger partial charge in [0.05, 0.1) is 13.2 Å². The molecule has 1 fully saturated rings. The third-order valence-corrected chi connectivity index (χ3v) is 2.69. The summed E-state index contributed by atoms with van der Waals surface area (Å²) < 4.78 is 0. The number of aliphatic hydroxyl groups is 1. The van der Waals surface area contributed by atoms with Crippen LogP contribution in [-0.2, 0) is 0 Å². The molecule has 0 bridgehead atoms. The van der Waals surface area contributed by atoms with Crippen LogP contribution in [0.1, 0.15) is 26.7 Å². The summed E-state index contributed by atoms with van der Waals surface area (Å²) in [6.07, 6.45) is 2.28. The average Bonchev–Trinajstić information content (AvgIpc) is 2.45. The van der Waals surface area contributed by atoms with Crippen LogP contribution in [0, 0.1) is 11.8 Å². The maximum Gasteiger partial charge on any atom is 0.0613 e. The van der Waals surface area contributed by atoms with E-state index in [1.54, 1.807) is 0 Å². The summed E-state index contributed by atoms with van der Waals surface area (Å²) in [6, 6.07) is 0. The van der Waals surface area contributed by atoms with Gasteiger partial charge in [-0.1, -0.05) is 5.92 Å². The topological polar surface area (TPSA) is 23.5 Å². The second-order valence-electron chi connectivity index (χ2n) is 3.61. The van der Waals surface area contributed by atoms with Crippen molar-refractivity contribution < 1.29 is 5.11 Å². The van der Waals surface area contributed by atoms with Crippen LogP contribution in [0.4, 0.5) is 0 Å². The SMILES string of the molecule is CC#CCN1CCCC1(C)CO. The van der Waals surface area contributed by atoms with E-state index in [1.165, 1.54) is 6.42 Å². The van der Waals surface area contributed by atoms with E-state index in [0.717, 1.165) is 19.5 Å². The molecule has 1 aliphatic heterocycles. The van der Waals surface area contributed by atoms with E-state index in [2.05, 4.69) is 23.7 Å². The minimum atomic E-state index is -0.0101. The third kappa shape index (κ3) is 1.80. The molecule has 1 saturated heterocycles. The lowest BCUT2D eigenvalue weighted by Gasteiger charge is -2.31. The highest BCUT2D eigenvalue weighted by atomic mass is 16.3. The Balaban J connectivity index is 2.55. The zero-order chi connectivity index (χ0) is 9.03. The van der Waals surface area contributed by atoms with Gasteiger partial charge in [0.25, 0.3) is 0 Å². The number of rotatable bonds is 2. The second kappa shape index (κ2) is 3.93. The lowest BCUT2D eigenvalue weighted by Crippen LogP contribution is -2.44. The molecule has 68 valence electrons. The summed E-state index contributed by atoms with van der Waals surface area (Å²) in [6.45, 7) is 6.08. The van der Waals surface area contributed by atoms with Crippen molar-refractivity contribution in [2.45, 2.75) is 32.2 Å². The fourth-order valence-corrected chi connectivity index (χ4v) is 1.70. The van der Waals surface area contributed by atoms with Gasteiger partial charge in [-0.2, -0.15) is 0 Å². The van der Waals surface area contributed by atoms with Crippen molar-refractivity contribution in [2.24, 2.45) is 0 Å². The fourth-order valence-electron chi connectivity index (χ4n) is 1.70. The lowest BCUT2D eigenvalue weighted by atomic mass is 10.0. The Morgan fingerprint density at radius 3 is 2.92 bits per heavy atom. The molecule has 0 aromatic rings. The van der Waals surface area contributed by atoms with E-state index in [9.17, 15) is 5.11 Å². The van der Waals surface area contributed by atoms with E-state index in [4.69, 9.17) is 0 Å². The molecule has 12 heavy (non-hydrogen) atoms. The molecule has 2 heteroatoms. The quantitative estimate of drug-likeness (QED) is 0.616. The molecule has 0 amide bonds. The first-order chi connectivity index (χ1) is 5.73. The first kappa shape index (κ1) is 9.57. The van der Waals surface area contributed by atoms with E-state index in [-0.39, 0.29) is 12.1 Å². The maximum absolute atomic E-state index is 9.21. The van der Waals surface area contributed by atoms with Gasteiger partial charge in [0.2, 0.25) is 0 Å². The molecule has 0 saturated carbocycles. The predicted molar refractivity (Wildman–Crippen MR) is 49.7 cm³/mol. The molecular formula is C10H17NO. The van der Waals surface area contributed by atoms with Gasteiger partial charge in [-0.05, 0) is 33.2 Å². The lowest BCUT2D eigenvalue weighted by molar-refractivity contribution is 0.0901. The number of likely N-dealkylation sites (tertiary alicyclic amines) is 1. The molecule has 1 aliphatic rings. The molecule has 0 aliphatic carbocycles. The number of aliphatic hydroxyl groups excluding tert-OH is 1. The highest BCUT2D eigenvalue weighted by molar-refractivity contribution is 5.02. The molecule has 1 unspecified atom stereocenters. The van der Waals surface area contributed by atoms with Crippen LogP contribution in [-0.4, -0.2) is 35.2 Å². The molecule has 0 aromatic heterocycles. The van der Waals surface area contributed by atoms with Gasteiger partial charge in [-0.15, -0.1) is 5.92 Å². The van der Waals surface area contributed by atoms with Crippen molar-refractivity contribution in [3.8, 4) is 11.8 Å². The first-order valence-corrected chi connectivity index (χ1v) is 4.48. The standard InChI is InChI=1S/C10H17NO/c1-3-4-7-11-8-5-6-10(11,2)9-12/h12H,5-9H2,1-2H3.